The highest BCUT2D eigenvalue weighted by atomic mass is 35.5. The monoisotopic (exact) mass is 396 g/mol. The van der Waals surface area contributed by atoms with Crippen LogP contribution in [0, 0.1) is 17.8 Å². The highest BCUT2D eigenvalue weighted by molar-refractivity contribution is 6.30. The molecular weight excluding hydrogens is 375 g/mol. The van der Waals surface area contributed by atoms with Gasteiger partial charge in [0.2, 0.25) is 5.91 Å². The molecule has 5 atom stereocenters. The molecule has 2 aliphatic rings. The lowest BCUT2D eigenvalue weighted by Gasteiger charge is -2.27. The smallest absolute Gasteiger partial charge is 0.257 e. The largest absolute Gasteiger partial charge is 0.346 e. The van der Waals surface area contributed by atoms with E-state index in [2.05, 4.69) is 15.5 Å². The van der Waals surface area contributed by atoms with Crippen molar-refractivity contribution in [3.8, 4) is 11.5 Å². The summed E-state index contributed by atoms with van der Waals surface area (Å²) in [6, 6.07) is 6.81. The molecule has 3 N–H and O–H groups in total. The second kappa shape index (κ2) is 7.55. The van der Waals surface area contributed by atoms with Crippen LogP contribution in [0.25, 0.3) is 11.5 Å². The van der Waals surface area contributed by atoms with Crippen LogP contribution in [0.1, 0.15) is 38.1 Å². The number of nitrogens with one attached hydrogen (secondary N) is 1. The number of hydrogen-bond donors (Lipinski definition) is 2. The number of rotatable bonds is 4. The minimum Gasteiger partial charge on any atom is -0.346 e. The number of nitrogens with two attached hydrogens (primary N) is 1. The van der Waals surface area contributed by atoms with Crippen LogP contribution in [0.4, 0.5) is 0 Å². The van der Waals surface area contributed by atoms with E-state index in [0.29, 0.717) is 28.6 Å². The van der Waals surface area contributed by atoms with Crippen LogP contribution >= 0.6 is 24.0 Å². The lowest BCUT2D eigenvalue weighted by molar-refractivity contribution is -0.127. The first-order valence-corrected chi connectivity index (χ1v) is 9.06. The lowest BCUT2D eigenvalue weighted by Crippen LogP contribution is -2.45. The molecule has 1 aromatic carbocycles. The summed E-state index contributed by atoms with van der Waals surface area (Å²) in [5.74, 6) is 1.69. The van der Waals surface area contributed by atoms with E-state index in [4.69, 9.17) is 21.9 Å². The van der Waals surface area contributed by atoms with E-state index in [9.17, 15) is 4.79 Å². The molecule has 4 rings (SSSR count). The Labute approximate surface area is 163 Å². The Morgan fingerprint density at radius 2 is 2.00 bits per heavy atom. The summed E-state index contributed by atoms with van der Waals surface area (Å²) in [5, 5.41) is 7.64. The SMILES string of the molecule is CC(NC(=O)C1C2CCC(C2)C1N)c1noc(-c2ccc(Cl)cc2)n1.Cl. The van der Waals surface area contributed by atoms with Crippen LogP contribution in [-0.4, -0.2) is 22.1 Å². The Hall–Kier alpha value is -1.63. The average molecular weight is 397 g/mol. The van der Waals surface area contributed by atoms with Gasteiger partial charge in [0.15, 0.2) is 5.82 Å². The molecule has 140 valence electrons. The molecule has 0 saturated heterocycles. The van der Waals surface area contributed by atoms with Gasteiger partial charge in [0.05, 0.1) is 12.0 Å². The molecule has 1 amide bonds. The number of hydrogen-bond acceptors (Lipinski definition) is 5. The average Bonchev–Trinajstić information content (AvgIpc) is 3.31. The van der Waals surface area contributed by atoms with Gasteiger partial charge in [-0.3, -0.25) is 4.79 Å². The van der Waals surface area contributed by atoms with E-state index in [1.54, 1.807) is 12.1 Å². The van der Waals surface area contributed by atoms with Crippen molar-refractivity contribution in [2.75, 3.05) is 0 Å². The number of fused-ring (bicyclic) bond motifs is 2. The maximum Gasteiger partial charge on any atom is 0.257 e. The number of carbonyl (C=O) groups excluding carboxylic acids is 1. The molecule has 1 aromatic heterocycles. The van der Waals surface area contributed by atoms with Crippen LogP contribution in [0.15, 0.2) is 28.8 Å². The summed E-state index contributed by atoms with van der Waals surface area (Å²) < 4.78 is 5.31. The van der Waals surface area contributed by atoms with E-state index in [-0.39, 0.29) is 36.3 Å². The van der Waals surface area contributed by atoms with Gasteiger partial charge >= 0.3 is 0 Å². The molecule has 2 aliphatic carbocycles. The van der Waals surface area contributed by atoms with Crippen LogP contribution in [0.5, 0.6) is 0 Å². The van der Waals surface area contributed by atoms with Gasteiger partial charge in [-0.25, -0.2) is 0 Å². The van der Waals surface area contributed by atoms with Gasteiger partial charge in [0, 0.05) is 16.6 Å². The Balaban J connectivity index is 0.00000196. The Kier molecular flexibility index (Phi) is 5.55. The molecule has 8 heteroatoms. The van der Waals surface area contributed by atoms with Gasteiger partial charge in [-0.1, -0.05) is 16.8 Å². The maximum absolute atomic E-state index is 12.7. The number of halogens is 2. The molecule has 6 nitrogen and oxygen atoms in total. The minimum absolute atomic E-state index is 0. The highest BCUT2D eigenvalue weighted by Gasteiger charge is 2.49. The molecule has 1 heterocycles. The third kappa shape index (κ3) is 3.46. The van der Waals surface area contributed by atoms with Gasteiger partial charge in [-0.2, -0.15) is 4.98 Å². The normalized spacial score (nSPS) is 27.8. The fraction of sp³-hybridized carbons (Fsp3) is 0.500. The lowest BCUT2D eigenvalue weighted by atomic mass is 9.84. The standard InChI is InChI=1S/C18H21ClN4O2.ClH/c1-9(21-17(24)14-11-2-3-12(8-11)15(14)20)16-22-18(25-23-16)10-4-6-13(19)7-5-10;/h4-7,9,11-12,14-15H,2-3,8,20H2,1H3,(H,21,24);1H. The van der Waals surface area contributed by atoms with Gasteiger partial charge in [0.1, 0.15) is 0 Å². The van der Waals surface area contributed by atoms with E-state index >= 15 is 0 Å². The third-order valence-electron chi connectivity index (χ3n) is 5.56. The summed E-state index contributed by atoms with van der Waals surface area (Å²) in [6.07, 6.45) is 3.34. The fourth-order valence-corrected chi connectivity index (χ4v) is 4.35. The van der Waals surface area contributed by atoms with E-state index in [1.165, 1.54) is 0 Å². The van der Waals surface area contributed by atoms with Crippen molar-refractivity contribution in [2.24, 2.45) is 23.5 Å². The Morgan fingerprint density at radius 3 is 2.65 bits per heavy atom. The first-order chi connectivity index (χ1) is 12.0. The van der Waals surface area contributed by atoms with Crippen molar-refractivity contribution < 1.29 is 9.32 Å². The van der Waals surface area contributed by atoms with E-state index < -0.39 is 0 Å². The fourth-order valence-electron chi connectivity index (χ4n) is 4.22. The predicted molar refractivity (Wildman–Crippen MR) is 101 cm³/mol. The molecule has 2 aromatic rings. The zero-order valence-electron chi connectivity index (χ0n) is 14.4. The van der Waals surface area contributed by atoms with Gasteiger partial charge in [0.25, 0.3) is 5.89 Å². The Morgan fingerprint density at radius 1 is 1.31 bits per heavy atom. The molecule has 0 radical (unpaired) electrons. The first kappa shape index (κ1) is 19.1. The topological polar surface area (TPSA) is 94.0 Å². The van der Waals surface area contributed by atoms with Crippen molar-refractivity contribution in [3.63, 3.8) is 0 Å². The van der Waals surface area contributed by atoms with Gasteiger partial charge < -0.3 is 15.6 Å². The summed E-state index contributed by atoms with van der Waals surface area (Å²) in [6.45, 7) is 1.85. The summed E-state index contributed by atoms with van der Waals surface area (Å²) in [5.41, 5.74) is 7.04. The second-order valence-corrected chi connectivity index (χ2v) is 7.57. The molecule has 0 aliphatic heterocycles. The van der Waals surface area contributed by atoms with Gasteiger partial charge in [-0.05, 0) is 62.3 Å². The summed E-state index contributed by atoms with van der Waals surface area (Å²) in [7, 11) is 0. The third-order valence-corrected chi connectivity index (χ3v) is 5.81. The Bertz CT molecular complexity index is 778. The molecule has 2 bridgehead atoms. The zero-order chi connectivity index (χ0) is 17.6. The summed E-state index contributed by atoms with van der Waals surface area (Å²) >= 11 is 5.89. The second-order valence-electron chi connectivity index (χ2n) is 7.13. The maximum atomic E-state index is 12.7. The predicted octanol–water partition coefficient (Wildman–Crippen LogP) is 3.36. The van der Waals surface area contributed by atoms with Crippen molar-refractivity contribution in [2.45, 2.75) is 38.3 Å². The molecular formula is C18H22Cl2N4O2. The van der Waals surface area contributed by atoms with Crippen LogP contribution in [0.3, 0.4) is 0 Å². The summed E-state index contributed by atoms with van der Waals surface area (Å²) in [4.78, 5) is 17.0. The number of carbonyl (C=O) groups is 1. The molecule has 26 heavy (non-hydrogen) atoms. The van der Waals surface area contributed by atoms with E-state index in [0.717, 1.165) is 24.8 Å². The zero-order valence-corrected chi connectivity index (χ0v) is 16.0. The number of aromatic nitrogens is 2. The molecule has 2 saturated carbocycles. The van der Waals surface area contributed by atoms with E-state index in [1.807, 2.05) is 19.1 Å². The van der Waals surface area contributed by atoms with Crippen molar-refractivity contribution >= 4 is 29.9 Å². The van der Waals surface area contributed by atoms with Crippen LogP contribution in [-0.2, 0) is 4.79 Å². The minimum atomic E-state index is -0.330. The van der Waals surface area contributed by atoms with Crippen molar-refractivity contribution in [1.82, 2.24) is 15.5 Å². The van der Waals surface area contributed by atoms with Gasteiger partial charge in [-0.15, -0.1) is 12.4 Å². The molecule has 5 unspecified atom stereocenters. The molecule has 2 fully saturated rings. The number of benzene rings is 1. The number of amides is 1. The van der Waals surface area contributed by atoms with Crippen LogP contribution < -0.4 is 11.1 Å². The van der Waals surface area contributed by atoms with Crippen molar-refractivity contribution in [3.05, 3.63) is 35.1 Å². The number of nitrogens with zero attached hydrogens (tertiary/aromatic N) is 2. The molecule has 0 spiro atoms. The van der Waals surface area contributed by atoms with Crippen LogP contribution in [0.2, 0.25) is 5.02 Å². The highest BCUT2D eigenvalue weighted by Crippen LogP contribution is 2.47. The quantitative estimate of drug-likeness (QED) is 0.825. The van der Waals surface area contributed by atoms with Crippen molar-refractivity contribution in [1.29, 1.82) is 0 Å². The first-order valence-electron chi connectivity index (χ1n) is 8.68.